The largest absolute Gasteiger partial charge is 0.508 e. The highest BCUT2D eigenvalue weighted by molar-refractivity contribution is 6.36. The molecule has 0 saturated heterocycles. The summed E-state index contributed by atoms with van der Waals surface area (Å²) in [5, 5.41) is 2.55. The molecule has 0 unspecified atom stereocenters. The first-order chi connectivity index (χ1) is 9.75. The minimum atomic E-state index is -0.0963. The van der Waals surface area contributed by atoms with Crippen LogP contribution >= 0.6 is 11.6 Å². The van der Waals surface area contributed by atoms with Gasteiger partial charge >= 0.3 is 5.69 Å². The molecule has 0 N–H and O–H groups in total. The van der Waals surface area contributed by atoms with Crippen LogP contribution in [0.25, 0.3) is 22.0 Å². The lowest BCUT2D eigenvalue weighted by Gasteiger charge is -2.01. The summed E-state index contributed by atoms with van der Waals surface area (Å²) in [6, 6.07) is 15.3. The van der Waals surface area contributed by atoms with Crippen molar-refractivity contribution in [3.63, 3.8) is 0 Å². The van der Waals surface area contributed by atoms with Crippen molar-refractivity contribution < 1.29 is 4.57 Å². The summed E-state index contributed by atoms with van der Waals surface area (Å²) in [4.78, 5) is 12.6. The summed E-state index contributed by atoms with van der Waals surface area (Å²) >= 11 is 6.17. The minimum Gasteiger partial charge on any atom is -0.196 e. The molecular formula is C16H10ClN2O+. The van der Waals surface area contributed by atoms with E-state index in [2.05, 4.69) is 0 Å². The average Bonchev–Trinajstić information content (AvgIpc) is 2.93. The predicted molar refractivity (Wildman–Crippen MR) is 78.9 cm³/mol. The highest BCUT2D eigenvalue weighted by Gasteiger charge is 2.19. The van der Waals surface area contributed by atoms with E-state index in [0.29, 0.717) is 5.02 Å². The van der Waals surface area contributed by atoms with Gasteiger partial charge in [-0.25, -0.2) is 0 Å². The predicted octanol–water partition coefficient (Wildman–Crippen LogP) is 2.82. The SMILES string of the molecule is O=c1n2ccc3c(Cl)ccc(c[n+]1-c1ccccc1)c32. The molecule has 96 valence electrons. The zero-order valence-electron chi connectivity index (χ0n) is 10.5. The number of rotatable bonds is 1. The summed E-state index contributed by atoms with van der Waals surface area (Å²) < 4.78 is 3.29. The molecule has 3 nitrogen and oxygen atoms in total. The van der Waals surface area contributed by atoms with Crippen LogP contribution in [-0.4, -0.2) is 4.40 Å². The average molecular weight is 282 g/mol. The van der Waals surface area contributed by atoms with Crippen molar-refractivity contribution in [3.8, 4) is 5.69 Å². The van der Waals surface area contributed by atoms with E-state index in [1.54, 1.807) is 15.2 Å². The van der Waals surface area contributed by atoms with Crippen molar-refractivity contribution in [2.45, 2.75) is 0 Å². The Bertz CT molecular complexity index is 976. The Labute approximate surface area is 119 Å². The lowest BCUT2D eigenvalue weighted by atomic mass is 10.2. The molecule has 2 aromatic carbocycles. The molecule has 0 bridgehead atoms. The van der Waals surface area contributed by atoms with Crippen LogP contribution in [0.2, 0.25) is 5.02 Å². The third kappa shape index (κ3) is 1.47. The molecule has 0 atom stereocenters. The summed E-state index contributed by atoms with van der Waals surface area (Å²) in [5.74, 6) is 0. The number of hydrogen-bond acceptors (Lipinski definition) is 1. The van der Waals surface area contributed by atoms with Gasteiger partial charge in [0.2, 0.25) is 0 Å². The fraction of sp³-hybridized carbons (Fsp3) is 0. The molecule has 0 radical (unpaired) electrons. The van der Waals surface area contributed by atoms with Crippen LogP contribution in [0.15, 0.2) is 65.7 Å². The van der Waals surface area contributed by atoms with Crippen molar-refractivity contribution in [1.82, 2.24) is 4.40 Å². The Balaban J connectivity index is 2.18. The Hall–Kier alpha value is -2.39. The number of aromatic nitrogens is 2. The Morgan fingerprint density at radius 3 is 2.60 bits per heavy atom. The van der Waals surface area contributed by atoms with Crippen molar-refractivity contribution in [1.29, 1.82) is 0 Å². The summed E-state index contributed by atoms with van der Waals surface area (Å²) in [7, 11) is 0. The number of para-hydroxylation sites is 1. The standard InChI is InChI=1S/C16H10ClN2O/c17-14-7-6-11-10-19(12-4-2-1-3-5-12)16(20)18-9-8-13(14)15(11)18/h1-10H/q+1. The minimum absolute atomic E-state index is 0.0963. The summed E-state index contributed by atoms with van der Waals surface area (Å²) in [6.45, 7) is 0. The van der Waals surface area contributed by atoms with E-state index in [9.17, 15) is 4.79 Å². The third-order valence-corrected chi connectivity index (χ3v) is 3.87. The molecule has 2 heterocycles. The molecule has 4 heteroatoms. The van der Waals surface area contributed by atoms with E-state index >= 15 is 0 Å². The maximum atomic E-state index is 12.6. The van der Waals surface area contributed by atoms with E-state index in [4.69, 9.17) is 11.6 Å². The van der Waals surface area contributed by atoms with Gasteiger partial charge in [0, 0.05) is 5.39 Å². The van der Waals surface area contributed by atoms with Crippen molar-refractivity contribution in [2.24, 2.45) is 0 Å². The van der Waals surface area contributed by atoms with Crippen LogP contribution in [0.4, 0.5) is 0 Å². The van der Waals surface area contributed by atoms with E-state index in [-0.39, 0.29) is 5.69 Å². The second kappa shape index (κ2) is 4.05. The van der Waals surface area contributed by atoms with Gasteiger partial charge in [-0.1, -0.05) is 29.8 Å². The van der Waals surface area contributed by atoms with Gasteiger partial charge in [0.05, 0.1) is 10.4 Å². The van der Waals surface area contributed by atoms with Crippen LogP contribution in [0.1, 0.15) is 0 Å². The van der Waals surface area contributed by atoms with Crippen LogP contribution < -0.4 is 10.3 Å². The lowest BCUT2D eigenvalue weighted by Crippen LogP contribution is -2.50. The fourth-order valence-electron chi connectivity index (χ4n) is 2.60. The van der Waals surface area contributed by atoms with Gasteiger partial charge in [0.25, 0.3) is 0 Å². The first-order valence-electron chi connectivity index (χ1n) is 6.29. The summed E-state index contributed by atoms with van der Waals surface area (Å²) in [6.07, 6.45) is 3.63. The highest BCUT2D eigenvalue weighted by atomic mass is 35.5. The normalized spacial score (nSPS) is 11.4. The lowest BCUT2D eigenvalue weighted by molar-refractivity contribution is -0.614. The molecule has 0 aliphatic rings. The Morgan fingerprint density at radius 2 is 1.80 bits per heavy atom. The number of hydrogen-bond donors (Lipinski definition) is 0. The third-order valence-electron chi connectivity index (χ3n) is 3.54. The van der Waals surface area contributed by atoms with Gasteiger partial charge in [0.15, 0.2) is 5.52 Å². The van der Waals surface area contributed by atoms with Gasteiger partial charge in [-0.15, -0.1) is 0 Å². The Kier molecular flexibility index (Phi) is 2.32. The molecule has 0 saturated carbocycles. The first-order valence-corrected chi connectivity index (χ1v) is 6.66. The monoisotopic (exact) mass is 281 g/mol. The van der Waals surface area contributed by atoms with E-state index in [0.717, 1.165) is 22.0 Å². The highest BCUT2D eigenvalue weighted by Crippen LogP contribution is 2.26. The smallest absolute Gasteiger partial charge is 0.196 e. The van der Waals surface area contributed by atoms with E-state index in [1.807, 2.05) is 54.7 Å². The van der Waals surface area contributed by atoms with E-state index < -0.39 is 0 Å². The molecule has 0 fully saturated rings. The first kappa shape index (κ1) is 11.4. The molecule has 20 heavy (non-hydrogen) atoms. The molecule has 2 aromatic heterocycles. The molecular weight excluding hydrogens is 272 g/mol. The van der Waals surface area contributed by atoms with Gasteiger partial charge in [0.1, 0.15) is 18.1 Å². The molecule has 0 spiro atoms. The molecule has 0 amide bonds. The topological polar surface area (TPSA) is 25.4 Å². The van der Waals surface area contributed by atoms with Crippen LogP contribution in [0, 0.1) is 0 Å². The summed E-state index contributed by atoms with van der Waals surface area (Å²) in [5.41, 5.74) is 1.62. The second-order valence-electron chi connectivity index (χ2n) is 4.70. The van der Waals surface area contributed by atoms with Crippen LogP contribution in [0.3, 0.4) is 0 Å². The molecule has 4 aromatic rings. The zero-order valence-corrected chi connectivity index (χ0v) is 11.2. The second-order valence-corrected chi connectivity index (χ2v) is 5.11. The maximum absolute atomic E-state index is 12.6. The van der Waals surface area contributed by atoms with Gasteiger partial charge < -0.3 is 0 Å². The van der Waals surface area contributed by atoms with Crippen molar-refractivity contribution in [2.75, 3.05) is 0 Å². The maximum Gasteiger partial charge on any atom is 0.508 e. The van der Waals surface area contributed by atoms with Crippen LogP contribution in [-0.2, 0) is 0 Å². The molecule has 0 aliphatic heterocycles. The van der Waals surface area contributed by atoms with Gasteiger partial charge in [-0.3, -0.25) is 0 Å². The van der Waals surface area contributed by atoms with Crippen LogP contribution in [0.5, 0.6) is 0 Å². The van der Waals surface area contributed by atoms with Gasteiger partial charge in [-0.2, -0.15) is 13.8 Å². The number of benzene rings is 2. The Morgan fingerprint density at radius 1 is 1.00 bits per heavy atom. The quantitative estimate of drug-likeness (QED) is 0.493. The van der Waals surface area contributed by atoms with Gasteiger partial charge in [-0.05, 0) is 30.3 Å². The zero-order chi connectivity index (χ0) is 13.7. The molecule has 0 aliphatic carbocycles. The van der Waals surface area contributed by atoms with Crippen molar-refractivity contribution in [3.05, 3.63) is 76.4 Å². The fourth-order valence-corrected chi connectivity index (χ4v) is 2.81. The molecule has 4 rings (SSSR count). The van der Waals surface area contributed by atoms with E-state index in [1.165, 1.54) is 0 Å². The number of halogens is 1. The van der Waals surface area contributed by atoms with Crippen molar-refractivity contribution >= 4 is 27.9 Å². The number of nitrogens with zero attached hydrogens (tertiary/aromatic N) is 2.